The number of rotatable bonds is 5. The summed E-state index contributed by atoms with van der Waals surface area (Å²) in [6, 6.07) is 3.92. The van der Waals surface area contributed by atoms with Gasteiger partial charge in [-0.15, -0.1) is 0 Å². The van der Waals surface area contributed by atoms with E-state index in [9.17, 15) is 4.79 Å². The Kier molecular flexibility index (Phi) is 4.90. The second-order valence-corrected chi connectivity index (χ2v) is 4.32. The smallest absolute Gasteiger partial charge is 0.269 e. The minimum atomic E-state index is -0.172. The van der Waals surface area contributed by atoms with E-state index in [1.807, 2.05) is 20.2 Å². The van der Waals surface area contributed by atoms with Gasteiger partial charge in [0.05, 0.1) is 0 Å². The highest BCUT2D eigenvalue weighted by molar-refractivity contribution is 5.92. The molecule has 5 nitrogen and oxygen atoms in total. The fourth-order valence-electron chi connectivity index (χ4n) is 1.65. The molecule has 5 heteroatoms. The van der Waals surface area contributed by atoms with Crippen molar-refractivity contribution < 1.29 is 4.79 Å². The minimum absolute atomic E-state index is 0.172. The predicted molar refractivity (Wildman–Crippen MR) is 69.3 cm³/mol. The molecule has 0 aliphatic carbocycles. The lowest BCUT2D eigenvalue weighted by atomic mass is 10.2. The first-order valence-corrected chi connectivity index (χ1v) is 5.62. The second-order valence-electron chi connectivity index (χ2n) is 4.32. The molecule has 94 valence electrons. The van der Waals surface area contributed by atoms with Crippen molar-refractivity contribution in [3.63, 3.8) is 0 Å². The summed E-state index contributed by atoms with van der Waals surface area (Å²) in [5, 5.41) is 5.89. The minimum Gasteiger partial charge on any atom is -0.381 e. The summed E-state index contributed by atoms with van der Waals surface area (Å²) in [5.74, 6) is -0.172. The molecular weight excluding hydrogens is 216 g/mol. The van der Waals surface area contributed by atoms with Crippen LogP contribution in [0.15, 0.2) is 18.3 Å². The molecule has 0 saturated heterocycles. The lowest BCUT2D eigenvalue weighted by molar-refractivity contribution is 0.0958. The van der Waals surface area contributed by atoms with E-state index in [0.29, 0.717) is 11.7 Å². The molecular formula is C12H20N4O. The van der Waals surface area contributed by atoms with Crippen molar-refractivity contribution in [2.24, 2.45) is 0 Å². The van der Waals surface area contributed by atoms with E-state index >= 15 is 0 Å². The van der Waals surface area contributed by atoms with E-state index in [0.717, 1.165) is 12.2 Å². The van der Waals surface area contributed by atoms with Gasteiger partial charge in [-0.3, -0.25) is 9.78 Å². The lowest BCUT2D eigenvalue weighted by Gasteiger charge is -2.19. The van der Waals surface area contributed by atoms with Gasteiger partial charge in [-0.05, 0) is 33.2 Å². The summed E-state index contributed by atoms with van der Waals surface area (Å²) in [6.45, 7) is 3.03. The average Bonchev–Trinajstić information content (AvgIpc) is 2.27. The molecule has 1 unspecified atom stereocenters. The van der Waals surface area contributed by atoms with Crippen LogP contribution in [0.25, 0.3) is 0 Å². The third-order valence-corrected chi connectivity index (χ3v) is 2.27. The Morgan fingerprint density at radius 3 is 2.82 bits per heavy atom. The fourth-order valence-corrected chi connectivity index (χ4v) is 1.65. The predicted octanol–water partition coefficient (Wildman–Crippen LogP) is 0.803. The van der Waals surface area contributed by atoms with Crippen molar-refractivity contribution in [2.75, 3.05) is 33.0 Å². The molecule has 17 heavy (non-hydrogen) atoms. The standard InChI is InChI=1S/C12H20N4O/c1-9(8-16(3)4)15-10-5-6-14-11(7-10)12(17)13-2/h5-7,9H,8H2,1-4H3,(H,13,17)(H,14,15). The van der Waals surface area contributed by atoms with Gasteiger partial charge < -0.3 is 15.5 Å². The molecule has 1 rings (SSSR count). The van der Waals surface area contributed by atoms with Crippen LogP contribution in [0.2, 0.25) is 0 Å². The Bertz CT molecular complexity index is 379. The molecule has 0 aliphatic rings. The van der Waals surface area contributed by atoms with Crippen LogP contribution in [-0.2, 0) is 0 Å². The van der Waals surface area contributed by atoms with E-state index in [2.05, 4.69) is 27.4 Å². The molecule has 1 aromatic heterocycles. The third-order valence-electron chi connectivity index (χ3n) is 2.27. The number of hydrogen-bond donors (Lipinski definition) is 2. The Labute approximate surface area is 102 Å². The monoisotopic (exact) mass is 236 g/mol. The van der Waals surface area contributed by atoms with Gasteiger partial charge in [-0.1, -0.05) is 0 Å². The first kappa shape index (κ1) is 13.4. The van der Waals surface area contributed by atoms with Crippen molar-refractivity contribution in [1.29, 1.82) is 0 Å². The first-order valence-electron chi connectivity index (χ1n) is 5.62. The summed E-state index contributed by atoms with van der Waals surface area (Å²) >= 11 is 0. The molecule has 0 fully saturated rings. The molecule has 0 saturated carbocycles. The van der Waals surface area contributed by atoms with Gasteiger partial charge in [0.2, 0.25) is 0 Å². The Balaban J connectivity index is 2.68. The van der Waals surface area contributed by atoms with Crippen molar-refractivity contribution >= 4 is 11.6 Å². The van der Waals surface area contributed by atoms with Crippen LogP contribution in [0, 0.1) is 0 Å². The molecule has 2 N–H and O–H groups in total. The van der Waals surface area contributed by atoms with Gasteiger partial charge >= 0.3 is 0 Å². The molecule has 0 radical (unpaired) electrons. The third kappa shape index (κ3) is 4.40. The number of carbonyl (C=O) groups excluding carboxylic acids is 1. The maximum Gasteiger partial charge on any atom is 0.269 e. The lowest BCUT2D eigenvalue weighted by Crippen LogP contribution is -2.29. The summed E-state index contributed by atoms with van der Waals surface area (Å²) in [6.07, 6.45) is 1.63. The second kappa shape index (κ2) is 6.20. The van der Waals surface area contributed by atoms with E-state index in [1.54, 1.807) is 19.3 Å². The number of aromatic nitrogens is 1. The highest BCUT2D eigenvalue weighted by atomic mass is 16.1. The summed E-state index contributed by atoms with van der Waals surface area (Å²) in [5.41, 5.74) is 1.34. The van der Waals surface area contributed by atoms with Gasteiger partial charge in [0.1, 0.15) is 5.69 Å². The van der Waals surface area contributed by atoms with E-state index in [1.165, 1.54) is 0 Å². The van der Waals surface area contributed by atoms with Crippen molar-refractivity contribution in [3.8, 4) is 0 Å². The molecule has 0 aliphatic heterocycles. The van der Waals surface area contributed by atoms with Gasteiger partial charge in [-0.25, -0.2) is 0 Å². The number of amides is 1. The van der Waals surface area contributed by atoms with Crippen LogP contribution in [0.5, 0.6) is 0 Å². The van der Waals surface area contributed by atoms with Crippen molar-refractivity contribution in [3.05, 3.63) is 24.0 Å². The number of likely N-dealkylation sites (N-methyl/N-ethyl adjacent to an activating group) is 1. The molecule has 1 atom stereocenters. The van der Waals surface area contributed by atoms with Gasteiger partial charge in [-0.2, -0.15) is 0 Å². The molecule has 0 bridgehead atoms. The number of anilines is 1. The Morgan fingerprint density at radius 2 is 2.24 bits per heavy atom. The van der Waals surface area contributed by atoms with E-state index in [4.69, 9.17) is 0 Å². The van der Waals surface area contributed by atoms with Gasteiger partial charge in [0.25, 0.3) is 5.91 Å². The molecule has 0 spiro atoms. The summed E-state index contributed by atoms with van der Waals surface area (Å²) in [4.78, 5) is 17.5. The Hall–Kier alpha value is -1.62. The van der Waals surface area contributed by atoms with Gasteiger partial charge in [0.15, 0.2) is 0 Å². The number of hydrogen-bond acceptors (Lipinski definition) is 4. The Morgan fingerprint density at radius 1 is 1.53 bits per heavy atom. The highest BCUT2D eigenvalue weighted by Crippen LogP contribution is 2.09. The number of nitrogens with one attached hydrogen (secondary N) is 2. The average molecular weight is 236 g/mol. The van der Waals surface area contributed by atoms with Crippen LogP contribution in [0.4, 0.5) is 5.69 Å². The number of nitrogens with zero attached hydrogens (tertiary/aromatic N) is 2. The topological polar surface area (TPSA) is 57.3 Å². The largest absolute Gasteiger partial charge is 0.381 e. The normalized spacial score (nSPS) is 12.3. The summed E-state index contributed by atoms with van der Waals surface area (Å²) in [7, 11) is 5.65. The maximum absolute atomic E-state index is 11.4. The number of carbonyl (C=O) groups is 1. The van der Waals surface area contributed by atoms with Crippen LogP contribution in [0.1, 0.15) is 17.4 Å². The zero-order valence-electron chi connectivity index (χ0n) is 10.8. The SMILES string of the molecule is CNC(=O)c1cc(NC(C)CN(C)C)ccn1. The molecule has 0 aromatic carbocycles. The molecule has 1 heterocycles. The molecule has 1 amide bonds. The van der Waals surface area contributed by atoms with Crippen LogP contribution >= 0.6 is 0 Å². The maximum atomic E-state index is 11.4. The van der Waals surface area contributed by atoms with Crippen LogP contribution < -0.4 is 10.6 Å². The highest BCUT2D eigenvalue weighted by Gasteiger charge is 2.07. The summed E-state index contributed by atoms with van der Waals surface area (Å²) < 4.78 is 0. The van der Waals surface area contributed by atoms with Crippen molar-refractivity contribution in [2.45, 2.75) is 13.0 Å². The van der Waals surface area contributed by atoms with E-state index in [-0.39, 0.29) is 5.91 Å². The van der Waals surface area contributed by atoms with Crippen LogP contribution in [0.3, 0.4) is 0 Å². The number of pyridine rings is 1. The molecule has 1 aromatic rings. The van der Waals surface area contributed by atoms with Crippen LogP contribution in [-0.4, -0.2) is 49.5 Å². The zero-order chi connectivity index (χ0) is 12.8. The van der Waals surface area contributed by atoms with Crippen molar-refractivity contribution in [1.82, 2.24) is 15.2 Å². The fraction of sp³-hybridized carbons (Fsp3) is 0.500. The quantitative estimate of drug-likeness (QED) is 0.794. The van der Waals surface area contributed by atoms with E-state index < -0.39 is 0 Å². The zero-order valence-corrected chi connectivity index (χ0v) is 10.8. The van der Waals surface area contributed by atoms with Gasteiger partial charge in [0, 0.05) is 31.5 Å². The first-order chi connectivity index (χ1) is 8.02.